The van der Waals surface area contributed by atoms with Crippen LogP contribution in [0.1, 0.15) is 52.9 Å². The van der Waals surface area contributed by atoms with Crippen LogP contribution in [0.5, 0.6) is 0 Å². The van der Waals surface area contributed by atoms with Crippen molar-refractivity contribution in [3.8, 4) is 0 Å². The van der Waals surface area contributed by atoms with Crippen molar-refractivity contribution < 1.29 is 4.79 Å². The zero-order valence-corrected chi connectivity index (χ0v) is 11.5. The highest BCUT2D eigenvalue weighted by atomic mass is 16.2. The van der Waals surface area contributed by atoms with Gasteiger partial charge in [0.25, 0.3) is 0 Å². The summed E-state index contributed by atoms with van der Waals surface area (Å²) in [7, 11) is 0. The molecule has 0 bridgehead atoms. The Morgan fingerprint density at radius 3 is 2.71 bits per heavy atom. The zero-order chi connectivity index (χ0) is 12.5. The van der Waals surface area contributed by atoms with Gasteiger partial charge in [-0.3, -0.25) is 4.79 Å². The standard InChI is InChI=1S/C14H26N2O/c1-4-6-14(7-8-14)10-16-9-5-12(13(16)17)15-11(2)3/h11-12,15H,4-10H2,1-3H3. The predicted molar refractivity (Wildman–Crippen MR) is 69.8 cm³/mol. The second-order valence-electron chi connectivity index (χ2n) is 6.17. The second kappa shape index (κ2) is 4.97. The lowest BCUT2D eigenvalue weighted by Crippen LogP contribution is -2.42. The molecule has 1 N–H and O–H groups in total. The van der Waals surface area contributed by atoms with E-state index in [9.17, 15) is 4.79 Å². The zero-order valence-electron chi connectivity index (χ0n) is 11.5. The molecule has 0 radical (unpaired) electrons. The average molecular weight is 238 g/mol. The van der Waals surface area contributed by atoms with Gasteiger partial charge in [-0.25, -0.2) is 0 Å². The highest BCUT2D eigenvalue weighted by molar-refractivity contribution is 5.84. The molecule has 3 heteroatoms. The second-order valence-corrected chi connectivity index (χ2v) is 6.17. The molecule has 1 saturated heterocycles. The summed E-state index contributed by atoms with van der Waals surface area (Å²) in [5.41, 5.74) is 0.497. The van der Waals surface area contributed by atoms with Crippen molar-refractivity contribution in [2.24, 2.45) is 5.41 Å². The van der Waals surface area contributed by atoms with E-state index in [4.69, 9.17) is 0 Å². The van der Waals surface area contributed by atoms with Crippen molar-refractivity contribution in [1.82, 2.24) is 10.2 Å². The molecule has 3 nitrogen and oxygen atoms in total. The molecule has 1 amide bonds. The van der Waals surface area contributed by atoms with Crippen molar-refractivity contribution in [3.05, 3.63) is 0 Å². The molecule has 0 aromatic heterocycles. The van der Waals surface area contributed by atoms with Gasteiger partial charge in [0.15, 0.2) is 0 Å². The minimum absolute atomic E-state index is 0.0763. The van der Waals surface area contributed by atoms with Crippen LogP contribution in [-0.2, 0) is 4.79 Å². The number of amides is 1. The molecule has 0 aromatic carbocycles. The van der Waals surface area contributed by atoms with Crippen LogP contribution in [0.3, 0.4) is 0 Å². The van der Waals surface area contributed by atoms with E-state index < -0.39 is 0 Å². The molecule has 2 fully saturated rings. The molecule has 2 aliphatic rings. The summed E-state index contributed by atoms with van der Waals surface area (Å²) in [6.07, 6.45) is 6.17. The van der Waals surface area contributed by atoms with Gasteiger partial charge in [0.2, 0.25) is 5.91 Å². The Bertz CT molecular complexity index is 284. The molecule has 98 valence electrons. The maximum Gasteiger partial charge on any atom is 0.239 e. The van der Waals surface area contributed by atoms with E-state index in [1.54, 1.807) is 0 Å². The number of rotatable bonds is 6. The van der Waals surface area contributed by atoms with Crippen LogP contribution in [0.25, 0.3) is 0 Å². The number of hydrogen-bond acceptors (Lipinski definition) is 2. The Balaban J connectivity index is 1.85. The fraction of sp³-hybridized carbons (Fsp3) is 0.929. The van der Waals surface area contributed by atoms with E-state index in [2.05, 4.69) is 31.0 Å². The van der Waals surface area contributed by atoms with Crippen molar-refractivity contribution in [2.45, 2.75) is 65.0 Å². The maximum absolute atomic E-state index is 12.2. The van der Waals surface area contributed by atoms with E-state index in [-0.39, 0.29) is 6.04 Å². The van der Waals surface area contributed by atoms with Crippen LogP contribution in [-0.4, -0.2) is 36.0 Å². The van der Waals surface area contributed by atoms with Gasteiger partial charge < -0.3 is 10.2 Å². The summed E-state index contributed by atoms with van der Waals surface area (Å²) in [6.45, 7) is 8.42. The lowest BCUT2D eigenvalue weighted by atomic mass is 10.0. The minimum atomic E-state index is 0.0763. The van der Waals surface area contributed by atoms with E-state index in [0.29, 0.717) is 17.4 Å². The molecule has 1 aliphatic carbocycles. The third kappa shape index (κ3) is 3.01. The van der Waals surface area contributed by atoms with Crippen molar-refractivity contribution in [1.29, 1.82) is 0 Å². The number of nitrogens with zero attached hydrogens (tertiary/aromatic N) is 1. The first-order valence-corrected chi connectivity index (χ1v) is 7.11. The number of carbonyl (C=O) groups is 1. The van der Waals surface area contributed by atoms with E-state index in [1.165, 1.54) is 25.7 Å². The van der Waals surface area contributed by atoms with Gasteiger partial charge in [0.05, 0.1) is 6.04 Å². The first kappa shape index (κ1) is 12.9. The molecule has 1 saturated carbocycles. The highest BCUT2D eigenvalue weighted by Gasteiger charge is 2.45. The predicted octanol–water partition coefficient (Wildman–Crippen LogP) is 2.17. The number of carbonyl (C=O) groups excluding carboxylic acids is 1. The molecule has 1 atom stereocenters. The van der Waals surface area contributed by atoms with Crippen LogP contribution in [0, 0.1) is 5.41 Å². The van der Waals surface area contributed by atoms with Gasteiger partial charge in [-0.2, -0.15) is 0 Å². The van der Waals surface area contributed by atoms with Gasteiger partial charge in [-0.05, 0) is 31.1 Å². The molecule has 2 rings (SSSR count). The summed E-state index contributed by atoms with van der Waals surface area (Å²) < 4.78 is 0. The fourth-order valence-electron chi connectivity index (χ4n) is 3.05. The Labute approximate surface area is 105 Å². The monoisotopic (exact) mass is 238 g/mol. The van der Waals surface area contributed by atoms with E-state index in [0.717, 1.165) is 19.5 Å². The quantitative estimate of drug-likeness (QED) is 0.769. The van der Waals surface area contributed by atoms with E-state index >= 15 is 0 Å². The van der Waals surface area contributed by atoms with Gasteiger partial charge >= 0.3 is 0 Å². The third-order valence-electron chi connectivity index (χ3n) is 4.10. The minimum Gasteiger partial charge on any atom is -0.341 e. The summed E-state index contributed by atoms with van der Waals surface area (Å²) in [4.78, 5) is 14.3. The summed E-state index contributed by atoms with van der Waals surface area (Å²) in [5, 5.41) is 3.37. The first-order chi connectivity index (χ1) is 8.06. The van der Waals surface area contributed by atoms with Crippen LogP contribution < -0.4 is 5.32 Å². The summed E-state index contributed by atoms with van der Waals surface area (Å²) in [6, 6.07) is 0.474. The van der Waals surface area contributed by atoms with Crippen molar-refractivity contribution in [2.75, 3.05) is 13.1 Å². The molecular formula is C14H26N2O. The smallest absolute Gasteiger partial charge is 0.239 e. The SMILES string of the molecule is CCCC1(CN2CCC(NC(C)C)C2=O)CC1. The Morgan fingerprint density at radius 2 is 2.18 bits per heavy atom. The van der Waals surface area contributed by atoms with Crippen LogP contribution in [0.2, 0.25) is 0 Å². The largest absolute Gasteiger partial charge is 0.341 e. The lowest BCUT2D eigenvalue weighted by Gasteiger charge is -2.24. The summed E-state index contributed by atoms with van der Waals surface area (Å²) >= 11 is 0. The molecule has 17 heavy (non-hydrogen) atoms. The number of nitrogens with one attached hydrogen (secondary N) is 1. The molecule has 1 heterocycles. The molecule has 1 aliphatic heterocycles. The van der Waals surface area contributed by atoms with Crippen LogP contribution >= 0.6 is 0 Å². The third-order valence-corrected chi connectivity index (χ3v) is 4.10. The molecule has 1 unspecified atom stereocenters. The first-order valence-electron chi connectivity index (χ1n) is 7.11. The van der Waals surface area contributed by atoms with E-state index in [1.807, 2.05) is 0 Å². The average Bonchev–Trinajstić information content (AvgIpc) is 2.93. The van der Waals surface area contributed by atoms with Crippen LogP contribution in [0.15, 0.2) is 0 Å². The summed E-state index contributed by atoms with van der Waals surface area (Å²) in [5.74, 6) is 0.334. The Hall–Kier alpha value is -0.570. The van der Waals surface area contributed by atoms with Gasteiger partial charge in [0.1, 0.15) is 0 Å². The van der Waals surface area contributed by atoms with Gasteiger partial charge in [-0.15, -0.1) is 0 Å². The van der Waals surface area contributed by atoms with Crippen molar-refractivity contribution >= 4 is 5.91 Å². The van der Waals surface area contributed by atoms with Crippen LogP contribution in [0.4, 0.5) is 0 Å². The molecule has 0 aromatic rings. The maximum atomic E-state index is 12.2. The molecule has 0 spiro atoms. The topological polar surface area (TPSA) is 32.3 Å². The lowest BCUT2D eigenvalue weighted by molar-refractivity contribution is -0.130. The Kier molecular flexibility index (Phi) is 3.76. The fourth-order valence-corrected chi connectivity index (χ4v) is 3.05. The number of hydrogen-bond donors (Lipinski definition) is 1. The number of likely N-dealkylation sites (tertiary alicyclic amines) is 1. The highest BCUT2D eigenvalue weighted by Crippen LogP contribution is 2.50. The molecular weight excluding hydrogens is 212 g/mol. The normalized spacial score (nSPS) is 26.9. The van der Waals surface area contributed by atoms with Gasteiger partial charge in [0, 0.05) is 19.1 Å². The van der Waals surface area contributed by atoms with Crippen molar-refractivity contribution in [3.63, 3.8) is 0 Å². The Morgan fingerprint density at radius 1 is 1.47 bits per heavy atom. The van der Waals surface area contributed by atoms with Gasteiger partial charge in [-0.1, -0.05) is 27.2 Å².